The van der Waals surface area contributed by atoms with E-state index in [1.54, 1.807) is 0 Å². The molecule has 1 fully saturated rings. The molecule has 0 bridgehead atoms. The van der Waals surface area contributed by atoms with Gasteiger partial charge in [-0.1, -0.05) is 36.4 Å². The second-order valence-electron chi connectivity index (χ2n) is 10.8. The van der Waals surface area contributed by atoms with Crippen LogP contribution in [-0.4, -0.2) is 18.7 Å². The van der Waals surface area contributed by atoms with Crippen LogP contribution in [0.15, 0.2) is 54.6 Å². The molecule has 2 aliphatic rings. The maximum absolute atomic E-state index is 14.3. The largest absolute Gasteiger partial charge is 0.371 e. The lowest BCUT2D eigenvalue weighted by Gasteiger charge is -2.42. The highest BCUT2D eigenvalue weighted by molar-refractivity contribution is 5.66. The topological polar surface area (TPSA) is 30.5 Å². The number of benzene rings is 3. The van der Waals surface area contributed by atoms with Crippen molar-refractivity contribution >= 4 is 0 Å². The molecule has 2 atom stereocenters. The summed E-state index contributed by atoms with van der Waals surface area (Å²) in [5.41, 5.74) is 6.46. The molecule has 0 unspecified atom stereocenters. The number of ether oxygens (including phenoxy) is 2. The smallest absolute Gasteiger partial charge is 0.159 e. The van der Waals surface area contributed by atoms with E-state index < -0.39 is 17.2 Å². The molecule has 0 saturated carbocycles. The summed E-state index contributed by atoms with van der Waals surface area (Å²) < 4.78 is 40.5. The molecule has 1 N–H and O–H groups in total. The fourth-order valence-corrected chi connectivity index (χ4v) is 5.49. The zero-order valence-corrected chi connectivity index (χ0v) is 20.9. The summed E-state index contributed by atoms with van der Waals surface area (Å²) in [6.07, 6.45) is 0.715. The Morgan fingerprint density at radius 1 is 1.03 bits per heavy atom. The standard InChI is InChI=1S/C30H33F2NO2/c1-19-12-22(21-7-5-6-20(13-21)17-34-29(2,3)4)8-9-24(19)26-16-33-11-10-30(26)25-15-28(32)27(31)14-23(25)18-35-30/h5-9,12-15,26,33H,10-11,16-18H2,1-4H3/t26-,30+/m1/s1. The van der Waals surface area contributed by atoms with Crippen LogP contribution < -0.4 is 5.32 Å². The minimum absolute atomic E-state index is 0.00271. The zero-order valence-electron chi connectivity index (χ0n) is 20.9. The lowest BCUT2D eigenvalue weighted by atomic mass is 9.72. The van der Waals surface area contributed by atoms with Crippen LogP contribution in [0.3, 0.4) is 0 Å². The summed E-state index contributed by atoms with van der Waals surface area (Å²) >= 11 is 0. The first-order valence-electron chi connectivity index (χ1n) is 12.3. The van der Waals surface area contributed by atoms with E-state index in [2.05, 4.69) is 75.5 Å². The van der Waals surface area contributed by atoms with Crippen LogP contribution in [0.4, 0.5) is 8.78 Å². The van der Waals surface area contributed by atoms with Crippen molar-refractivity contribution < 1.29 is 18.3 Å². The summed E-state index contributed by atoms with van der Waals surface area (Å²) in [6, 6.07) is 17.6. The van der Waals surface area contributed by atoms with Crippen molar-refractivity contribution in [3.05, 3.63) is 94.0 Å². The van der Waals surface area contributed by atoms with Crippen molar-refractivity contribution in [2.75, 3.05) is 13.1 Å². The van der Waals surface area contributed by atoms with Crippen molar-refractivity contribution in [1.29, 1.82) is 0 Å². The lowest BCUT2D eigenvalue weighted by Crippen LogP contribution is -2.46. The minimum atomic E-state index is -0.814. The zero-order chi connectivity index (χ0) is 24.8. The van der Waals surface area contributed by atoms with Crippen LogP contribution >= 0.6 is 0 Å². The van der Waals surface area contributed by atoms with Gasteiger partial charge in [0.25, 0.3) is 0 Å². The van der Waals surface area contributed by atoms with Gasteiger partial charge < -0.3 is 14.8 Å². The number of nitrogens with one attached hydrogen (secondary N) is 1. The predicted octanol–water partition coefficient (Wildman–Crippen LogP) is 6.76. The van der Waals surface area contributed by atoms with E-state index in [1.165, 1.54) is 17.7 Å². The van der Waals surface area contributed by atoms with E-state index in [1.807, 2.05) is 0 Å². The SMILES string of the molecule is Cc1cc(-c2cccc(COC(C)(C)C)c2)ccc1[C@H]1CNCC[C@@]12OCc1cc(F)c(F)cc12. The molecule has 3 aromatic carbocycles. The molecular formula is C30H33F2NO2. The lowest BCUT2D eigenvalue weighted by molar-refractivity contribution is -0.0750. The van der Waals surface area contributed by atoms with Crippen LogP contribution in [0.25, 0.3) is 11.1 Å². The highest BCUT2D eigenvalue weighted by atomic mass is 19.2. The van der Waals surface area contributed by atoms with Gasteiger partial charge in [-0.3, -0.25) is 0 Å². The Hall–Kier alpha value is -2.60. The highest BCUT2D eigenvalue weighted by Gasteiger charge is 2.49. The number of aryl methyl sites for hydroxylation is 1. The molecule has 5 heteroatoms. The molecule has 184 valence electrons. The monoisotopic (exact) mass is 477 g/mol. The van der Waals surface area contributed by atoms with Gasteiger partial charge in [-0.2, -0.15) is 0 Å². The van der Waals surface area contributed by atoms with E-state index in [-0.39, 0.29) is 11.5 Å². The fraction of sp³-hybridized carbons (Fsp3) is 0.400. The molecule has 35 heavy (non-hydrogen) atoms. The number of fused-ring (bicyclic) bond motifs is 2. The molecule has 2 heterocycles. The van der Waals surface area contributed by atoms with E-state index in [0.29, 0.717) is 19.6 Å². The van der Waals surface area contributed by atoms with Gasteiger partial charge in [0, 0.05) is 12.5 Å². The minimum Gasteiger partial charge on any atom is -0.371 e. The molecule has 5 rings (SSSR count). The maximum atomic E-state index is 14.3. The molecule has 0 amide bonds. The second-order valence-corrected chi connectivity index (χ2v) is 10.8. The van der Waals surface area contributed by atoms with Crippen LogP contribution in [0.5, 0.6) is 0 Å². The van der Waals surface area contributed by atoms with Gasteiger partial charge in [-0.05, 0) is 97.8 Å². The Morgan fingerprint density at radius 3 is 2.57 bits per heavy atom. The van der Waals surface area contributed by atoms with Crippen LogP contribution in [0.2, 0.25) is 0 Å². The molecule has 0 radical (unpaired) electrons. The van der Waals surface area contributed by atoms with Gasteiger partial charge in [-0.25, -0.2) is 8.78 Å². The Labute approximate surface area is 206 Å². The van der Waals surface area contributed by atoms with Gasteiger partial charge in [0.05, 0.1) is 18.8 Å². The van der Waals surface area contributed by atoms with E-state index in [9.17, 15) is 8.78 Å². The first-order chi connectivity index (χ1) is 16.7. The molecule has 1 spiro atoms. The Balaban J connectivity index is 1.47. The predicted molar refractivity (Wildman–Crippen MR) is 134 cm³/mol. The Morgan fingerprint density at radius 2 is 1.80 bits per heavy atom. The third-order valence-electron chi connectivity index (χ3n) is 7.25. The number of hydrogen-bond donors (Lipinski definition) is 1. The summed E-state index contributed by atoms with van der Waals surface area (Å²) in [5, 5.41) is 3.49. The average molecular weight is 478 g/mol. The molecule has 2 aliphatic heterocycles. The molecular weight excluding hydrogens is 444 g/mol. The fourth-order valence-electron chi connectivity index (χ4n) is 5.49. The molecule has 1 saturated heterocycles. The van der Waals surface area contributed by atoms with Crippen molar-refractivity contribution in [3.63, 3.8) is 0 Å². The second kappa shape index (κ2) is 9.12. The first-order valence-corrected chi connectivity index (χ1v) is 12.3. The quantitative estimate of drug-likeness (QED) is 0.450. The number of rotatable bonds is 4. The molecule has 0 aliphatic carbocycles. The van der Waals surface area contributed by atoms with Crippen LogP contribution in [0.1, 0.15) is 60.9 Å². The average Bonchev–Trinajstić information content (AvgIpc) is 3.15. The van der Waals surface area contributed by atoms with Crippen molar-refractivity contribution in [1.82, 2.24) is 5.32 Å². The molecule has 3 aromatic rings. The third kappa shape index (κ3) is 4.65. The summed E-state index contributed by atoms with van der Waals surface area (Å²) in [6.45, 7) is 10.7. The molecule has 0 aromatic heterocycles. The maximum Gasteiger partial charge on any atom is 0.159 e. The van der Waals surface area contributed by atoms with E-state index in [4.69, 9.17) is 9.47 Å². The first kappa shape index (κ1) is 24.1. The molecule has 3 nitrogen and oxygen atoms in total. The normalized spacial score (nSPS) is 21.9. The Kier molecular flexibility index (Phi) is 6.28. The summed E-state index contributed by atoms with van der Waals surface area (Å²) in [5.74, 6) is -1.62. The van der Waals surface area contributed by atoms with Crippen molar-refractivity contribution in [3.8, 4) is 11.1 Å². The van der Waals surface area contributed by atoms with Crippen molar-refractivity contribution in [2.45, 2.75) is 64.4 Å². The van der Waals surface area contributed by atoms with Gasteiger partial charge in [0.1, 0.15) is 5.60 Å². The van der Waals surface area contributed by atoms with Gasteiger partial charge >= 0.3 is 0 Å². The number of halogens is 2. The van der Waals surface area contributed by atoms with Crippen LogP contribution in [-0.2, 0) is 28.3 Å². The summed E-state index contributed by atoms with van der Waals surface area (Å²) in [7, 11) is 0. The van der Waals surface area contributed by atoms with Gasteiger partial charge in [0.2, 0.25) is 0 Å². The number of hydrogen-bond acceptors (Lipinski definition) is 3. The Bertz CT molecular complexity index is 1250. The van der Waals surface area contributed by atoms with E-state index >= 15 is 0 Å². The summed E-state index contributed by atoms with van der Waals surface area (Å²) in [4.78, 5) is 0. The van der Waals surface area contributed by atoms with Gasteiger partial charge in [0.15, 0.2) is 11.6 Å². The number of piperidine rings is 1. The third-order valence-corrected chi connectivity index (χ3v) is 7.25. The highest BCUT2D eigenvalue weighted by Crippen LogP contribution is 2.51. The van der Waals surface area contributed by atoms with Gasteiger partial charge in [-0.15, -0.1) is 0 Å². The van der Waals surface area contributed by atoms with Crippen molar-refractivity contribution in [2.24, 2.45) is 0 Å². The van der Waals surface area contributed by atoms with E-state index in [0.717, 1.165) is 46.5 Å². The van der Waals surface area contributed by atoms with Crippen LogP contribution in [0, 0.1) is 18.6 Å².